The minimum absolute atomic E-state index is 0.0665. The van der Waals surface area contributed by atoms with E-state index in [4.69, 9.17) is 4.74 Å². The summed E-state index contributed by atoms with van der Waals surface area (Å²) < 4.78 is 5.43. The fourth-order valence-electron chi connectivity index (χ4n) is 4.02. The van der Waals surface area contributed by atoms with E-state index in [1.165, 1.54) is 89.9 Å². The lowest BCUT2D eigenvalue weighted by atomic mass is 9.84. The third kappa shape index (κ3) is 10.3. The molecule has 2 nitrogen and oxygen atoms in total. The van der Waals surface area contributed by atoms with Crippen LogP contribution in [0, 0.1) is 11.8 Å². The molecule has 1 aliphatic heterocycles. The summed E-state index contributed by atoms with van der Waals surface area (Å²) in [5, 5.41) is 0. The molecule has 148 valence electrons. The molecule has 0 aromatic heterocycles. The van der Waals surface area contributed by atoms with Crippen LogP contribution in [0.1, 0.15) is 124 Å². The Labute approximate surface area is 157 Å². The van der Waals surface area contributed by atoms with Crippen molar-refractivity contribution in [3.05, 3.63) is 0 Å². The summed E-state index contributed by atoms with van der Waals surface area (Å²) in [7, 11) is 0. The lowest BCUT2D eigenvalue weighted by molar-refractivity contribution is -0.187. The third-order valence-electron chi connectivity index (χ3n) is 5.82. The van der Waals surface area contributed by atoms with E-state index >= 15 is 0 Å². The molecule has 0 saturated carbocycles. The summed E-state index contributed by atoms with van der Waals surface area (Å²) in [5.74, 6) is 0.972. The van der Waals surface area contributed by atoms with Gasteiger partial charge in [-0.25, -0.2) is 0 Å². The molecular formula is C23H44O2. The first-order valence-electron chi connectivity index (χ1n) is 11.4. The molecule has 0 amide bonds. The van der Waals surface area contributed by atoms with Crippen LogP contribution >= 0.6 is 0 Å². The Hall–Kier alpha value is -0.530. The number of hydrogen-bond donors (Lipinski definition) is 0. The maximum atomic E-state index is 11.7. The molecule has 1 rings (SSSR count). The maximum absolute atomic E-state index is 11.7. The second-order valence-electron chi connectivity index (χ2n) is 8.39. The summed E-state index contributed by atoms with van der Waals surface area (Å²) in [6.45, 7) is 6.85. The minimum Gasteiger partial charge on any atom is -0.461 e. The van der Waals surface area contributed by atoms with Gasteiger partial charge < -0.3 is 4.74 Å². The monoisotopic (exact) mass is 352 g/mol. The van der Waals surface area contributed by atoms with Crippen molar-refractivity contribution in [2.75, 3.05) is 0 Å². The van der Waals surface area contributed by atoms with Gasteiger partial charge in [-0.15, -0.1) is 0 Å². The predicted octanol–water partition coefficient (Wildman–Crippen LogP) is 7.45. The molecule has 0 bridgehead atoms. The molecule has 0 aromatic carbocycles. The summed E-state index contributed by atoms with van der Waals surface area (Å²) in [5.41, 5.74) is 0. The average Bonchev–Trinajstić information content (AvgIpc) is 2.59. The molecule has 1 fully saturated rings. The van der Waals surface area contributed by atoms with Crippen LogP contribution < -0.4 is 0 Å². The van der Waals surface area contributed by atoms with Gasteiger partial charge >= 0.3 is 5.97 Å². The van der Waals surface area contributed by atoms with E-state index in [0.29, 0.717) is 5.92 Å². The third-order valence-corrected chi connectivity index (χ3v) is 5.82. The van der Waals surface area contributed by atoms with Crippen LogP contribution in [-0.4, -0.2) is 12.1 Å². The number of esters is 1. The summed E-state index contributed by atoms with van der Waals surface area (Å²) in [6.07, 6.45) is 21.2. The van der Waals surface area contributed by atoms with Crippen molar-refractivity contribution in [1.29, 1.82) is 0 Å². The molecule has 1 saturated heterocycles. The van der Waals surface area contributed by atoms with Crippen molar-refractivity contribution < 1.29 is 9.53 Å². The highest BCUT2D eigenvalue weighted by molar-refractivity contribution is 5.78. The quantitative estimate of drug-likeness (QED) is 0.201. The number of carbonyl (C=O) groups excluding carboxylic acids is 1. The number of cyclic esters (lactones) is 1. The highest BCUT2D eigenvalue weighted by atomic mass is 16.6. The Morgan fingerprint density at radius 3 is 1.88 bits per heavy atom. The topological polar surface area (TPSA) is 26.3 Å². The van der Waals surface area contributed by atoms with E-state index in [2.05, 4.69) is 20.8 Å². The van der Waals surface area contributed by atoms with Gasteiger partial charge in [-0.3, -0.25) is 4.79 Å². The van der Waals surface area contributed by atoms with Crippen molar-refractivity contribution >= 4 is 5.97 Å². The number of hydrogen-bond acceptors (Lipinski definition) is 2. The van der Waals surface area contributed by atoms with Gasteiger partial charge in [0.2, 0.25) is 0 Å². The Balaban J connectivity index is 1.98. The van der Waals surface area contributed by atoms with Gasteiger partial charge in [0, 0.05) is 0 Å². The molecular weight excluding hydrogens is 308 g/mol. The van der Waals surface area contributed by atoms with Crippen LogP contribution in [0.3, 0.4) is 0 Å². The normalized spacial score (nSPS) is 21.0. The lowest BCUT2D eigenvalue weighted by Gasteiger charge is -2.36. The summed E-state index contributed by atoms with van der Waals surface area (Å²) in [6, 6.07) is 0. The molecule has 0 aromatic rings. The van der Waals surface area contributed by atoms with Gasteiger partial charge in [0.25, 0.3) is 0 Å². The molecule has 0 spiro atoms. The van der Waals surface area contributed by atoms with Crippen LogP contribution in [0.15, 0.2) is 0 Å². The molecule has 3 atom stereocenters. The molecule has 0 radical (unpaired) electrons. The number of unbranched alkanes of at least 4 members (excludes halogenated alkanes) is 11. The highest BCUT2D eigenvalue weighted by Gasteiger charge is 2.41. The van der Waals surface area contributed by atoms with Crippen LogP contribution in [0.25, 0.3) is 0 Å². The summed E-state index contributed by atoms with van der Waals surface area (Å²) in [4.78, 5) is 11.7. The number of ether oxygens (including phenoxy) is 1. The van der Waals surface area contributed by atoms with E-state index in [9.17, 15) is 4.79 Å². The van der Waals surface area contributed by atoms with E-state index < -0.39 is 0 Å². The van der Waals surface area contributed by atoms with Crippen LogP contribution in [-0.2, 0) is 9.53 Å². The minimum atomic E-state index is 0.0665. The first kappa shape index (κ1) is 22.5. The fourth-order valence-corrected chi connectivity index (χ4v) is 4.02. The van der Waals surface area contributed by atoms with Gasteiger partial charge in [-0.2, -0.15) is 0 Å². The zero-order valence-electron chi connectivity index (χ0n) is 17.4. The van der Waals surface area contributed by atoms with E-state index in [0.717, 1.165) is 12.8 Å². The lowest BCUT2D eigenvalue weighted by Crippen LogP contribution is -2.45. The van der Waals surface area contributed by atoms with Gasteiger partial charge in [0.1, 0.15) is 6.10 Å². The van der Waals surface area contributed by atoms with E-state index in [1.54, 1.807) is 0 Å². The standard InChI is InChI=1S/C23H44O2/c1-4-6-8-10-11-12-13-14-15-17-20(3)19-22-21(23(24)25-22)18-16-9-7-5-2/h20-22H,4-19H2,1-3H3. The molecule has 0 N–H and O–H groups in total. The molecule has 2 heteroatoms. The Kier molecular flexibility index (Phi) is 13.2. The zero-order valence-corrected chi connectivity index (χ0v) is 17.4. The van der Waals surface area contributed by atoms with Crippen molar-refractivity contribution in [1.82, 2.24) is 0 Å². The number of rotatable bonds is 17. The predicted molar refractivity (Wildman–Crippen MR) is 108 cm³/mol. The van der Waals surface area contributed by atoms with Crippen molar-refractivity contribution in [3.8, 4) is 0 Å². The van der Waals surface area contributed by atoms with Crippen LogP contribution in [0.4, 0.5) is 0 Å². The van der Waals surface area contributed by atoms with Crippen molar-refractivity contribution in [2.45, 2.75) is 130 Å². The second kappa shape index (κ2) is 14.6. The Morgan fingerprint density at radius 2 is 1.32 bits per heavy atom. The van der Waals surface area contributed by atoms with Crippen LogP contribution in [0.2, 0.25) is 0 Å². The first-order valence-corrected chi connectivity index (χ1v) is 11.4. The highest BCUT2D eigenvalue weighted by Crippen LogP contribution is 2.33. The summed E-state index contributed by atoms with van der Waals surface area (Å²) >= 11 is 0. The van der Waals surface area contributed by atoms with Gasteiger partial charge in [0.15, 0.2) is 0 Å². The smallest absolute Gasteiger partial charge is 0.313 e. The van der Waals surface area contributed by atoms with Crippen molar-refractivity contribution in [2.24, 2.45) is 11.8 Å². The zero-order chi connectivity index (χ0) is 18.3. The fraction of sp³-hybridized carbons (Fsp3) is 0.957. The van der Waals surface area contributed by atoms with Crippen molar-refractivity contribution in [3.63, 3.8) is 0 Å². The molecule has 25 heavy (non-hydrogen) atoms. The molecule has 3 unspecified atom stereocenters. The molecule has 0 aliphatic carbocycles. The molecule has 1 aliphatic rings. The van der Waals surface area contributed by atoms with Gasteiger partial charge in [0.05, 0.1) is 5.92 Å². The maximum Gasteiger partial charge on any atom is 0.313 e. The molecule has 1 heterocycles. The Bertz CT molecular complexity index is 326. The Morgan fingerprint density at radius 1 is 0.800 bits per heavy atom. The van der Waals surface area contributed by atoms with Gasteiger partial charge in [-0.1, -0.05) is 111 Å². The first-order chi connectivity index (χ1) is 12.2. The van der Waals surface area contributed by atoms with Crippen LogP contribution in [0.5, 0.6) is 0 Å². The SMILES string of the molecule is CCCCCCCCCCCC(C)CC1OC(=O)C1CCCCCC. The van der Waals surface area contributed by atoms with E-state index in [-0.39, 0.29) is 18.0 Å². The largest absolute Gasteiger partial charge is 0.461 e. The van der Waals surface area contributed by atoms with E-state index in [1.807, 2.05) is 0 Å². The second-order valence-corrected chi connectivity index (χ2v) is 8.39. The number of carbonyl (C=O) groups is 1. The average molecular weight is 353 g/mol. The van der Waals surface area contributed by atoms with Gasteiger partial charge in [-0.05, 0) is 18.8 Å².